The lowest BCUT2D eigenvalue weighted by Crippen LogP contribution is -2.14. The Balaban J connectivity index is 1.60. The standard InChI is InChI=1S/C21H22N4O3S/c1-4-28-20(27)16-6-8-17(9-7-16)23-19(26)12-29-21-24-22-13-25(21)18-10-5-14(2)15(3)11-18/h5-11,13H,4,12H2,1-3H3,(H,23,26). The van der Waals surface area contributed by atoms with Crippen molar-refractivity contribution in [3.63, 3.8) is 0 Å². The molecule has 0 radical (unpaired) electrons. The van der Waals surface area contributed by atoms with Crippen LogP contribution >= 0.6 is 11.8 Å². The Bertz CT molecular complexity index is 1020. The molecule has 0 aliphatic heterocycles. The van der Waals surface area contributed by atoms with Gasteiger partial charge in [0.05, 0.1) is 17.9 Å². The summed E-state index contributed by atoms with van der Waals surface area (Å²) >= 11 is 1.30. The number of thioether (sulfide) groups is 1. The fourth-order valence-corrected chi connectivity index (χ4v) is 3.34. The molecule has 8 heteroatoms. The quantitative estimate of drug-likeness (QED) is 0.471. The monoisotopic (exact) mass is 410 g/mol. The minimum Gasteiger partial charge on any atom is -0.462 e. The number of hydrogen-bond donors (Lipinski definition) is 1. The molecule has 0 unspecified atom stereocenters. The van der Waals surface area contributed by atoms with Crippen molar-refractivity contribution >= 4 is 29.3 Å². The summed E-state index contributed by atoms with van der Waals surface area (Å²) in [4.78, 5) is 24.0. The van der Waals surface area contributed by atoms with Crippen LogP contribution in [0, 0.1) is 13.8 Å². The first-order valence-electron chi connectivity index (χ1n) is 9.15. The molecule has 0 fully saturated rings. The number of aryl methyl sites for hydroxylation is 2. The van der Waals surface area contributed by atoms with Crippen molar-refractivity contribution in [1.29, 1.82) is 0 Å². The fraction of sp³-hybridized carbons (Fsp3) is 0.238. The number of aromatic nitrogens is 3. The largest absolute Gasteiger partial charge is 0.462 e. The third kappa shape index (κ3) is 5.23. The van der Waals surface area contributed by atoms with Gasteiger partial charge in [0.1, 0.15) is 6.33 Å². The maximum Gasteiger partial charge on any atom is 0.338 e. The van der Waals surface area contributed by atoms with Crippen molar-refractivity contribution in [3.05, 3.63) is 65.5 Å². The van der Waals surface area contributed by atoms with Crippen molar-refractivity contribution < 1.29 is 14.3 Å². The average molecular weight is 410 g/mol. The third-order valence-corrected chi connectivity index (χ3v) is 5.24. The zero-order chi connectivity index (χ0) is 20.8. The molecular weight excluding hydrogens is 388 g/mol. The molecule has 29 heavy (non-hydrogen) atoms. The van der Waals surface area contributed by atoms with Crippen molar-refractivity contribution in [2.24, 2.45) is 0 Å². The number of nitrogens with zero attached hydrogens (tertiary/aromatic N) is 3. The van der Waals surface area contributed by atoms with Crippen LogP contribution in [0.3, 0.4) is 0 Å². The average Bonchev–Trinajstić information content (AvgIpc) is 3.18. The number of carbonyl (C=O) groups excluding carboxylic acids is 2. The van der Waals surface area contributed by atoms with E-state index in [2.05, 4.69) is 35.4 Å². The summed E-state index contributed by atoms with van der Waals surface area (Å²) in [6.45, 7) is 6.19. The van der Waals surface area contributed by atoms with Crippen LogP contribution in [0.25, 0.3) is 5.69 Å². The van der Waals surface area contributed by atoms with Gasteiger partial charge in [-0.25, -0.2) is 4.79 Å². The highest BCUT2D eigenvalue weighted by molar-refractivity contribution is 7.99. The van der Waals surface area contributed by atoms with Crippen LogP contribution in [0.2, 0.25) is 0 Å². The molecule has 0 saturated heterocycles. The van der Waals surface area contributed by atoms with Gasteiger partial charge in [0.15, 0.2) is 5.16 Å². The number of esters is 1. The predicted molar refractivity (Wildman–Crippen MR) is 113 cm³/mol. The summed E-state index contributed by atoms with van der Waals surface area (Å²) in [5.74, 6) is -0.372. The number of anilines is 1. The Morgan fingerprint density at radius 1 is 1.10 bits per heavy atom. The molecule has 3 rings (SSSR count). The number of benzene rings is 2. The SMILES string of the molecule is CCOC(=O)c1ccc(NC(=O)CSc2nncn2-c2ccc(C)c(C)c2)cc1. The van der Waals surface area contributed by atoms with E-state index in [1.165, 1.54) is 22.9 Å². The van der Waals surface area contributed by atoms with E-state index in [0.717, 1.165) is 5.69 Å². The maximum absolute atomic E-state index is 12.3. The summed E-state index contributed by atoms with van der Waals surface area (Å²) in [7, 11) is 0. The number of hydrogen-bond acceptors (Lipinski definition) is 6. The van der Waals surface area contributed by atoms with Gasteiger partial charge in [-0.1, -0.05) is 17.8 Å². The normalized spacial score (nSPS) is 10.6. The highest BCUT2D eigenvalue weighted by Gasteiger charge is 2.12. The lowest BCUT2D eigenvalue weighted by molar-refractivity contribution is -0.113. The molecule has 0 spiro atoms. The lowest BCUT2D eigenvalue weighted by atomic mass is 10.1. The smallest absolute Gasteiger partial charge is 0.338 e. The summed E-state index contributed by atoms with van der Waals surface area (Å²) in [5.41, 5.74) is 4.40. The highest BCUT2D eigenvalue weighted by Crippen LogP contribution is 2.21. The molecule has 0 aliphatic rings. The Kier molecular flexibility index (Phi) is 6.66. The molecule has 3 aromatic rings. The lowest BCUT2D eigenvalue weighted by Gasteiger charge is -2.09. The van der Waals surface area contributed by atoms with Gasteiger partial charge in [-0.3, -0.25) is 9.36 Å². The van der Waals surface area contributed by atoms with Gasteiger partial charge in [0.2, 0.25) is 5.91 Å². The topological polar surface area (TPSA) is 86.1 Å². The molecule has 150 valence electrons. The van der Waals surface area contributed by atoms with E-state index in [-0.39, 0.29) is 17.6 Å². The van der Waals surface area contributed by atoms with Crippen molar-refractivity contribution in [2.75, 3.05) is 17.7 Å². The second-order valence-electron chi connectivity index (χ2n) is 6.39. The van der Waals surface area contributed by atoms with Gasteiger partial charge in [0, 0.05) is 11.4 Å². The summed E-state index contributed by atoms with van der Waals surface area (Å²) in [6, 6.07) is 12.7. The highest BCUT2D eigenvalue weighted by atomic mass is 32.2. The first-order chi connectivity index (χ1) is 14.0. The van der Waals surface area contributed by atoms with Crippen molar-refractivity contribution in [1.82, 2.24) is 14.8 Å². The molecule has 7 nitrogen and oxygen atoms in total. The fourth-order valence-electron chi connectivity index (χ4n) is 2.61. The maximum atomic E-state index is 12.3. The van der Waals surface area contributed by atoms with Gasteiger partial charge in [-0.2, -0.15) is 0 Å². The Morgan fingerprint density at radius 3 is 2.55 bits per heavy atom. The molecular formula is C21H22N4O3S. The molecule has 1 amide bonds. The second kappa shape index (κ2) is 9.38. The van der Waals surface area contributed by atoms with E-state index >= 15 is 0 Å². The van der Waals surface area contributed by atoms with E-state index in [0.29, 0.717) is 23.0 Å². The van der Waals surface area contributed by atoms with E-state index in [1.807, 2.05) is 16.7 Å². The van der Waals surface area contributed by atoms with Crippen LogP contribution in [0.1, 0.15) is 28.4 Å². The molecule has 0 aliphatic carbocycles. The van der Waals surface area contributed by atoms with E-state index in [9.17, 15) is 9.59 Å². The van der Waals surface area contributed by atoms with Crippen LogP contribution in [0.15, 0.2) is 53.9 Å². The number of carbonyl (C=O) groups is 2. The number of rotatable bonds is 7. The van der Waals surface area contributed by atoms with Crippen LogP contribution in [0.5, 0.6) is 0 Å². The second-order valence-corrected chi connectivity index (χ2v) is 7.33. The van der Waals surface area contributed by atoms with Crippen LogP contribution in [-0.2, 0) is 9.53 Å². The van der Waals surface area contributed by atoms with Gasteiger partial charge in [0.25, 0.3) is 0 Å². The predicted octanol–water partition coefficient (Wildman–Crippen LogP) is 3.79. The molecule has 1 N–H and O–H groups in total. The molecule has 0 saturated carbocycles. The third-order valence-electron chi connectivity index (χ3n) is 4.30. The van der Waals surface area contributed by atoms with Gasteiger partial charge in [-0.15, -0.1) is 10.2 Å². The number of ether oxygens (including phenoxy) is 1. The van der Waals surface area contributed by atoms with Crippen molar-refractivity contribution in [2.45, 2.75) is 25.9 Å². The number of nitrogens with one attached hydrogen (secondary N) is 1. The summed E-state index contributed by atoms with van der Waals surface area (Å²) in [5, 5.41) is 11.5. The van der Waals surface area contributed by atoms with Crippen LogP contribution < -0.4 is 5.32 Å². The first-order valence-corrected chi connectivity index (χ1v) is 10.1. The minimum absolute atomic E-state index is 0.173. The zero-order valence-corrected chi connectivity index (χ0v) is 17.3. The minimum atomic E-state index is -0.383. The number of amides is 1. The molecule has 0 bridgehead atoms. The molecule has 1 heterocycles. The van der Waals surface area contributed by atoms with E-state index < -0.39 is 0 Å². The van der Waals surface area contributed by atoms with E-state index in [1.54, 1.807) is 37.5 Å². The summed E-state index contributed by atoms with van der Waals surface area (Å²) in [6.07, 6.45) is 1.64. The van der Waals surface area contributed by atoms with Crippen LogP contribution in [0.4, 0.5) is 5.69 Å². The Labute approximate surface area is 173 Å². The van der Waals surface area contributed by atoms with Gasteiger partial charge < -0.3 is 10.1 Å². The molecule has 1 aromatic heterocycles. The van der Waals surface area contributed by atoms with Crippen molar-refractivity contribution in [3.8, 4) is 5.69 Å². The Hall–Kier alpha value is -3.13. The first kappa shape index (κ1) is 20.6. The zero-order valence-electron chi connectivity index (χ0n) is 16.5. The van der Waals surface area contributed by atoms with Gasteiger partial charge >= 0.3 is 5.97 Å². The Morgan fingerprint density at radius 2 is 1.86 bits per heavy atom. The molecule has 0 atom stereocenters. The molecule has 2 aromatic carbocycles. The van der Waals surface area contributed by atoms with E-state index in [4.69, 9.17) is 4.74 Å². The van der Waals surface area contributed by atoms with Gasteiger partial charge in [-0.05, 0) is 68.3 Å². The summed E-state index contributed by atoms with van der Waals surface area (Å²) < 4.78 is 6.81. The van der Waals surface area contributed by atoms with Crippen LogP contribution in [-0.4, -0.2) is 39.0 Å².